The molecule has 0 aromatic rings. The minimum atomic E-state index is -0.979. The lowest BCUT2D eigenvalue weighted by molar-refractivity contribution is -0.142. The first kappa shape index (κ1) is 27.9. The average molecular weight is 481 g/mol. The lowest BCUT2D eigenvalue weighted by Gasteiger charge is -2.35. The summed E-state index contributed by atoms with van der Waals surface area (Å²) in [6.07, 6.45) is 3.37. The van der Waals surface area contributed by atoms with Gasteiger partial charge in [-0.25, -0.2) is 4.79 Å². The van der Waals surface area contributed by atoms with Crippen LogP contribution in [0.3, 0.4) is 0 Å². The molecule has 1 unspecified atom stereocenters. The highest BCUT2D eigenvalue weighted by Gasteiger charge is 2.47. The first-order chi connectivity index (χ1) is 14.1. The van der Waals surface area contributed by atoms with Crippen LogP contribution >= 0.6 is 36.2 Å². The molecule has 30 heavy (non-hydrogen) atoms. The van der Waals surface area contributed by atoms with Gasteiger partial charge in [-0.3, -0.25) is 9.69 Å². The lowest BCUT2D eigenvalue weighted by Crippen LogP contribution is -2.58. The Balaban J connectivity index is 2.92. The predicted octanol–water partition coefficient (Wildman–Crippen LogP) is 1.72. The van der Waals surface area contributed by atoms with Gasteiger partial charge in [0, 0.05) is 41.5 Å². The number of carbonyl (C=O) groups is 2. The molecule has 0 aliphatic carbocycles. The Hall–Kier alpha value is -0.130. The average Bonchev–Trinajstić information content (AvgIpc) is 3.00. The predicted molar refractivity (Wildman–Crippen MR) is 133 cm³/mol. The highest BCUT2D eigenvalue weighted by atomic mass is 32.2. The van der Waals surface area contributed by atoms with Crippen molar-refractivity contribution in [3.63, 3.8) is 0 Å². The first-order valence-electron chi connectivity index (χ1n) is 10.6. The van der Waals surface area contributed by atoms with Gasteiger partial charge < -0.3 is 21.5 Å². The molecule has 0 spiro atoms. The molecule has 0 bridgehead atoms. The van der Waals surface area contributed by atoms with Gasteiger partial charge in [0.1, 0.15) is 12.1 Å². The van der Waals surface area contributed by atoms with Crippen molar-refractivity contribution in [3.8, 4) is 0 Å². The highest BCUT2D eigenvalue weighted by Crippen LogP contribution is 2.39. The summed E-state index contributed by atoms with van der Waals surface area (Å²) < 4.78 is -0.297. The second-order valence-electron chi connectivity index (χ2n) is 8.57. The molecule has 5 N–H and O–H groups in total. The van der Waals surface area contributed by atoms with Gasteiger partial charge in [-0.1, -0.05) is 20.3 Å². The van der Waals surface area contributed by atoms with E-state index in [1.807, 2.05) is 6.26 Å². The number of thioether (sulfide) groups is 2. The maximum absolute atomic E-state index is 13.2. The van der Waals surface area contributed by atoms with Crippen molar-refractivity contribution in [1.82, 2.24) is 15.5 Å². The molecule has 1 fully saturated rings. The number of nitrogens with zero attached hydrogens (tertiary/aromatic N) is 1. The Kier molecular flexibility index (Phi) is 12.5. The topological polar surface area (TPSA) is 108 Å². The van der Waals surface area contributed by atoms with Gasteiger partial charge in [0.05, 0.1) is 0 Å². The molecule has 5 atom stereocenters. The molecule has 176 valence electrons. The van der Waals surface area contributed by atoms with Crippen LogP contribution in [-0.4, -0.2) is 87.5 Å². The standard InChI is InChI=1S/C20H40N4O3S3/c1-6-13(2)16(22-9-14(21)11-28)10-24-12-30-20(3,4)17(24)18(25)23-15(19(26)27)7-8-29-5/h13-17,22,28H,6-12,21H2,1-5H3,(H,23,25)(H,26,27)/t13?,14-,15+,16-,17+/m1/s1. The van der Waals surface area contributed by atoms with Gasteiger partial charge in [-0.05, 0) is 38.2 Å². The minimum Gasteiger partial charge on any atom is -0.480 e. The van der Waals surface area contributed by atoms with Crippen molar-refractivity contribution < 1.29 is 14.7 Å². The van der Waals surface area contributed by atoms with Gasteiger partial charge in [-0.2, -0.15) is 24.4 Å². The summed E-state index contributed by atoms with van der Waals surface area (Å²) in [4.78, 5) is 27.0. The Morgan fingerprint density at radius 1 is 1.43 bits per heavy atom. The molecule has 1 rings (SSSR count). The van der Waals surface area contributed by atoms with Gasteiger partial charge >= 0.3 is 5.97 Å². The molecule has 7 nitrogen and oxygen atoms in total. The van der Waals surface area contributed by atoms with Crippen molar-refractivity contribution in [3.05, 3.63) is 0 Å². The van der Waals surface area contributed by atoms with Crippen LogP contribution in [0.25, 0.3) is 0 Å². The van der Waals surface area contributed by atoms with Crippen molar-refractivity contribution >= 4 is 48.0 Å². The fourth-order valence-electron chi connectivity index (χ4n) is 3.58. The number of carboxylic acids is 1. The number of nitrogens with two attached hydrogens (primary N) is 1. The minimum absolute atomic E-state index is 0.0175. The number of hydrogen-bond donors (Lipinski definition) is 5. The largest absolute Gasteiger partial charge is 0.480 e. The van der Waals surface area contributed by atoms with Crippen LogP contribution in [0.15, 0.2) is 0 Å². The van der Waals surface area contributed by atoms with E-state index < -0.39 is 12.0 Å². The lowest BCUT2D eigenvalue weighted by atomic mass is 9.95. The van der Waals surface area contributed by atoms with Crippen LogP contribution < -0.4 is 16.4 Å². The van der Waals surface area contributed by atoms with Crippen LogP contribution in [0.4, 0.5) is 0 Å². The van der Waals surface area contributed by atoms with Crippen LogP contribution in [-0.2, 0) is 9.59 Å². The van der Waals surface area contributed by atoms with Crippen molar-refractivity contribution in [2.24, 2.45) is 11.7 Å². The SMILES string of the molecule is CCC(C)[C@@H](CN1CSC(C)(C)[C@@H]1C(=O)N[C@@H](CCSC)C(=O)O)NC[C@@H](N)CS. The molecule has 1 aliphatic rings. The number of carbonyl (C=O) groups excluding carboxylic acids is 1. The monoisotopic (exact) mass is 480 g/mol. The molecule has 1 saturated heterocycles. The van der Waals surface area contributed by atoms with E-state index in [4.69, 9.17) is 5.73 Å². The summed E-state index contributed by atoms with van der Waals surface area (Å²) in [5.41, 5.74) is 6.03. The van der Waals surface area contributed by atoms with Gasteiger partial charge in [-0.15, -0.1) is 11.8 Å². The molecular weight excluding hydrogens is 440 g/mol. The van der Waals surface area contributed by atoms with Gasteiger partial charge in [0.25, 0.3) is 0 Å². The molecule has 0 radical (unpaired) electrons. The zero-order valence-corrected chi connectivity index (χ0v) is 21.4. The smallest absolute Gasteiger partial charge is 0.326 e. The molecule has 1 amide bonds. The Labute approximate surface area is 195 Å². The molecule has 0 aromatic carbocycles. The number of carboxylic acid groups (broad SMARTS) is 1. The third-order valence-corrected chi connectivity index (χ3v) is 8.28. The van der Waals surface area contributed by atoms with Gasteiger partial charge in [0.15, 0.2) is 0 Å². The number of aliphatic carboxylic acids is 1. The van der Waals surface area contributed by atoms with E-state index in [1.165, 1.54) is 0 Å². The van der Waals surface area contributed by atoms with Crippen LogP contribution in [0.1, 0.15) is 40.5 Å². The molecule has 0 aromatic heterocycles. The number of rotatable bonds is 14. The Morgan fingerprint density at radius 3 is 2.63 bits per heavy atom. The third-order valence-electron chi connectivity index (χ3n) is 5.74. The quantitative estimate of drug-likeness (QED) is 0.239. The van der Waals surface area contributed by atoms with E-state index in [-0.39, 0.29) is 28.8 Å². The van der Waals surface area contributed by atoms with Crippen LogP contribution in [0.2, 0.25) is 0 Å². The summed E-state index contributed by atoms with van der Waals surface area (Å²) in [6.45, 7) is 9.87. The van der Waals surface area contributed by atoms with E-state index in [0.717, 1.165) is 12.3 Å². The Bertz CT molecular complexity index is 553. The van der Waals surface area contributed by atoms with E-state index in [2.05, 4.69) is 55.9 Å². The second-order valence-corrected chi connectivity index (χ2v) is 11.5. The van der Waals surface area contributed by atoms with Crippen molar-refractivity contribution in [2.45, 2.75) is 69.5 Å². The van der Waals surface area contributed by atoms with E-state index in [0.29, 0.717) is 36.9 Å². The van der Waals surface area contributed by atoms with E-state index in [9.17, 15) is 14.7 Å². The zero-order chi connectivity index (χ0) is 22.9. The Morgan fingerprint density at radius 2 is 2.10 bits per heavy atom. The van der Waals surface area contributed by atoms with E-state index in [1.54, 1.807) is 23.5 Å². The fourth-order valence-corrected chi connectivity index (χ4v) is 5.34. The fraction of sp³-hybridized carbons (Fsp3) is 0.900. The number of nitrogens with one attached hydrogen (secondary N) is 2. The number of hydrogen-bond acceptors (Lipinski definition) is 8. The zero-order valence-electron chi connectivity index (χ0n) is 18.9. The summed E-state index contributed by atoms with van der Waals surface area (Å²) in [6, 6.07) is -1.07. The number of amides is 1. The van der Waals surface area contributed by atoms with Gasteiger partial charge in [0.2, 0.25) is 5.91 Å². The maximum Gasteiger partial charge on any atom is 0.326 e. The normalized spacial score (nSPS) is 23.0. The molecule has 10 heteroatoms. The molecule has 1 aliphatic heterocycles. The van der Waals surface area contributed by atoms with Crippen molar-refractivity contribution in [2.75, 3.05) is 36.7 Å². The maximum atomic E-state index is 13.2. The molecule has 0 saturated carbocycles. The second kappa shape index (κ2) is 13.4. The first-order valence-corrected chi connectivity index (χ1v) is 13.6. The summed E-state index contributed by atoms with van der Waals surface area (Å²) in [5.74, 6) is 1.28. The number of thiol groups is 1. The summed E-state index contributed by atoms with van der Waals surface area (Å²) in [7, 11) is 0. The molecular formula is C20H40N4O3S3. The third kappa shape index (κ3) is 8.43. The van der Waals surface area contributed by atoms with Crippen molar-refractivity contribution in [1.29, 1.82) is 0 Å². The van der Waals surface area contributed by atoms with E-state index >= 15 is 0 Å². The summed E-state index contributed by atoms with van der Waals surface area (Å²) in [5, 5.41) is 15.9. The highest BCUT2D eigenvalue weighted by molar-refractivity contribution is 8.00. The summed E-state index contributed by atoms with van der Waals surface area (Å²) >= 11 is 7.58. The van der Waals surface area contributed by atoms with Crippen LogP contribution in [0, 0.1) is 5.92 Å². The molecule has 1 heterocycles. The van der Waals surface area contributed by atoms with Crippen LogP contribution in [0.5, 0.6) is 0 Å².